The van der Waals surface area contributed by atoms with Crippen molar-refractivity contribution in [2.75, 3.05) is 4.72 Å². The predicted octanol–water partition coefficient (Wildman–Crippen LogP) is 2.12. The number of hydrogen-bond donors (Lipinski definition) is 1. The highest BCUT2D eigenvalue weighted by molar-refractivity contribution is 7.92. The molecule has 0 unspecified atom stereocenters. The third-order valence-electron chi connectivity index (χ3n) is 3.82. The zero-order chi connectivity index (χ0) is 16.6. The minimum atomic E-state index is -3.88. The van der Waals surface area contributed by atoms with E-state index < -0.39 is 23.0 Å². The molecule has 1 fully saturated rings. The summed E-state index contributed by atoms with van der Waals surface area (Å²) in [5, 5.41) is 7.80. The number of halogens is 2. The maximum absolute atomic E-state index is 12.3. The summed E-state index contributed by atoms with van der Waals surface area (Å²) in [5.41, 5.74) is 0.333. The largest absolute Gasteiger partial charge is 0.276 e. The molecule has 1 atom stereocenters. The van der Waals surface area contributed by atoms with Crippen LogP contribution in [-0.2, 0) is 16.6 Å². The van der Waals surface area contributed by atoms with Gasteiger partial charge in [-0.25, -0.2) is 17.2 Å². The quantitative estimate of drug-likeness (QED) is 0.833. The highest BCUT2D eigenvalue weighted by Crippen LogP contribution is 2.39. The van der Waals surface area contributed by atoms with Gasteiger partial charge in [-0.05, 0) is 25.7 Å². The van der Waals surface area contributed by atoms with E-state index in [9.17, 15) is 17.2 Å². The second kappa shape index (κ2) is 5.91. The Hall–Kier alpha value is -1.97. The highest BCUT2D eigenvalue weighted by Gasteiger charge is 2.29. The molecule has 0 amide bonds. The summed E-state index contributed by atoms with van der Waals surface area (Å²) in [4.78, 5) is -0.166. The molecule has 0 spiro atoms. The van der Waals surface area contributed by atoms with Crippen molar-refractivity contribution in [1.29, 1.82) is 0 Å². The van der Waals surface area contributed by atoms with Crippen LogP contribution in [0.4, 0.5) is 14.5 Å². The van der Waals surface area contributed by atoms with Gasteiger partial charge in [-0.15, -0.1) is 0 Å². The lowest BCUT2D eigenvalue weighted by molar-refractivity contribution is 0.121. The van der Waals surface area contributed by atoms with Gasteiger partial charge in [-0.3, -0.25) is 14.1 Å². The lowest BCUT2D eigenvalue weighted by atomic mass is 10.2. The fourth-order valence-electron chi connectivity index (χ4n) is 2.35. The number of alkyl halides is 2. The summed E-state index contributed by atoms with van der Waals surface area (Å²) in [6.45, 7) is 1.39. The molecule has 2 aromatic heterocycles. The van der Waals surface area contributed by atoms with E-state index in [4.69, 9.17) is 0 Å². The van der Waals surface area contributed by atoms with Crippen LogP contribution in [0.3, 0.4) is 0 Å². The van der Waals surface area contributed by atoms with Crippen molar-refractivity contribution in [3.8, 4) is 0 Å². The van der Waals surface area contributed by atoms with Gasteiger partial charge in [0.05, 0.1) is 24.1 Å². The van der Waals surface area contributed by atoms with Gasteiger partial charge in [0.25, 0.3) is 16.4 Å². The van der Waals surface area contributed by atoms with Crippen LogP contribution >= 0.6 is 0 Å². The fourth-order valence-corrected chi connectivity index (χ4v) is 3.33. The number of aromatic nitrogens is 4. The van der Waals surface area contributed by atoms with Gasteiger partial charge in [-0.1, -0.05) is 0 Å². The maximum atomic E-state index is 12.3. The SMILES string of the molecule is C[C@H](C1CC1)n1cc(NS(=O)(=O)c2cnn(CC(F)F)c2)cn1. The first kappa shape index (κ1) is 15.9. The molecule has 1 saturated carbocycles. The van der Waals surface area contributed by atoms with Gasteiger partial charge in [0.2, 0.25) is 0 Å². The maximum Gasteiger partial charge on any atom is 0.265 e. The van der Waals surface area contributed by atoms with Crippen LogP contribution in [0, 0.1) is 5.92 Å². The van der Waals surface area contributed by atoms with E-state index >= 15 is 0 Å². The van der Waals surface area contributed by atoms with Crippen LogP contribution in [0.2, 0.25) is 0 Å². The minimum Gasteiger partial charge on any atom is -0.276 e. The third-order valence-corrected chi connectivity index (χ3v) is 5.16. The molecule has 0 bridgehead atoms. The predicted molar refractivity (Wildman–Crippen MR) is 78.7 cm³/mol. The smallest absolute Gasteiger partial charge is 0.265 e. The van der Waals surface area contributed by atoms with Gasteiger partial charge in [0.1, 0.15) is 11.4 Å². The molecular weight excluding hydrogens is 328 g/mol. The summed E-state index contributed by atoms with van der Waals surface area (Å²) >= 11 is 0. The second-order valence-electron chi connectivity index (χ2n) is 5.68. The van der Waals surface area contributed by atoms with Crippen LogP contribution in [0.25, 0.3) is 0 Å². The van der Waals surface area contributed by atoms with Crippen LogP contribution in [0.1, 0.15) is 25.8 Å². The molecule has 1 aliphatic carbocycles. The highest BCUT2D eigenvalue weighted by atomic mass is 32.2. The van der Waals surface area contributed by atoms with E-state index in [-0.39, 0.29) is 10.9 Å². The molecule has 0 aromatic carbocycles. The lowest BCUT2D eigenvalue weighted by Gasteiger charge is -2.09. The monoisotopic (exact) mass is 345 g/mol. The number of sulfonamides is 1. The number of anilines is 1. The summed E-state index contributed by atoms with van der Waals surface area (Å²) in [6, 6.07) is 0.224. The Morgan fingerprint density at radius 3 is 2.70 bits per heavy atom. The molecule has 0 radical (unpaired) electrons. The summed E-state index contributed by atoms with van der Waals surface area (Å²) in [6.07, 6.45) is 4.90. The van der Waals surface area contributed by atoms with Gasteiger partial charge < -0.3 is 0 Å². The third kappa shape index (κ3) is 3.69. The Morgan fingerprint density at radius 1 is 1.30 bits per heavy atom. The molecule has 2 heterocycles. The van der Waals surface area contributed by atoms with E-state index in [1.165, 1.54) is 6.20 Å². The van der Waals surface area contributed by atoms with E-state index in [2.05, 4.69) is 14.9 Å². The van der Waals surface area contributed by atoms with Crippen LogP contribution in [0.15, 0.2) is 29.7 Å². The van der Waals surface area contributed by atoms with Crippen molar-refractivity contribution < 1.29 is 17.2 Å². The summed E-state index contributed by atoms with van der Waals surface area (Å²) < 4.78 is 54.1. The first-order chi connectivity index (χ1) is 10.8. The molecule has 1 N–H and O–H groups in total. The topological polar surface area (TPSA) is 81.8 Å². The van der Waals surface area contributed by atoms with Crippen LogP contribution < -0.4 is 4.72 Å². The minimum absolute atomic E-state index is 0.166. The Labute approximate surface area is 132 Å². The Balaban J connectivity index is 1.71. The van der Waals surface area contributed by atoms with E-state index in [0.717, 1.165) is 29.9 Å². The second-order valence-corrected chi connectivity index (χ2v) is 7.36. The Bertz CT molecular complexity index is 782. The molecule has 126 valence electrons. The molecule has 2 aromatic rings. The fraction of sp³-hybridized carbons (Fsp3) is 0.538. The van der Waals surface area contributed by atoms with Crippen LogP contribution in [-0.4, -0.2) is 34.4 Å². The average Bonchev–Trinajstić information content (AvgIpc) is 3.03. The lowest BCUT2D eigenvalue weighted by Crippen LogP contribution is -2.12. The normalized spacial score (nSPS) is 16.7. The van der Waals surface area contributed by atoms with E-state index in [1.807, 2.05) is 6.92 Å². The Morgan fingerprint density at radius 2 is 2.04 bits per heavy atom. The molecule has 3 rings (SSSR count). The van der Waals surface area contributed by atoms with Crippen molar-refractivity contribution in [2.24, 2.45) is 5.92 Å². The number of nitrogens with one attached hydrogen (secondary N) is 1. The average molecular weight is 345 g/mol. The zero-order valence-corrected chi connectivity index (χ0v) is 13.2. The van der Waals surface area contributed by atoms with E-state index in [1.54, 1.807) is 10.9 Å². The first-order valence-electron chi connectivity index (χ1n) is 7.23. The molecule has 0 saturated heterocycles. The van der Waals surface area contributed by atoms with Crippen molar-refractivity contribution >= 4 is 15.7 Å². The van der Waals surface area contributed by atoms with Crippen molar-refractivity contribution in [3.63, 3.8) is 0 Å². The van der Waals surface area contributed by atoms with Gasteiger partial charge >= 0.3 is 0 Å². The first-order valence-corrected chi connectivity index (χ1v) is 8.71. The number of hydrogen-bond acceptors (Lipinski definition) is 4. The summed E-state index contributed by atoms with van der Waals surface area (Å²) in [7, 11) is -3.88. The van der Waals surface area contributed by atoms with Crippen molar-refractivity contribution in [1.82, 2.24) is 19.6 Å². The molecule has 7 nitrogen and oxygen atoms in total. The Kier molecular flexibility index (Phi) is 4.09. The van der Waals surface area contributed by atoms with Gasteiger partial charge in [0, 0.05) is 12.4 Å². The molecule has 0 aliphatic heterocycles. The molecule has 1 aliphatic rings. The summed E-state index contributed by atoms with van der Waals surface area (Å²) in [5.74, 6) is 0.590. The number of nitrogens with zero attached hydrogens (tertiary/aromatic N) is 4. The molecule has 23 heavy (non-hydrogen) atoms. The van der Waals surface area contributed by atoms with Crippen molar-refractivity contribution in [3.05, 3.63) is 24.8 Å². The van der Waals surface area contributed by atoms with Crippen molar-refractivity contribution in [2.45, 2.75) is 43.7 Å². The van der Waals surface area contributed by atoms with E-state index in [0.29, 0.717) is 11.6 Å². The molecular formula is C13H17F2N5O2S. The standard InChI is InChI=1S/C13H17F2N5O2S/c1-9(10-2-3-10)20-6-11(4-17-20)18-23(21,22)12-5-16-19(7-12)8-13(14)15/h4-7,9-10,13,18H,2-3,8H2,1H3/t9-/m1/s1. The number of rotatable bonds is 7. The van der Waals surface area contributed by atoms with Gasteiger partial charge in [0.15, 0.2) is 0 Å². The van der Waals surface area contributed by atoms with Gasteiger partial charge in [-0.2, -0.15) is 10.2 Å². The zero-order valence-electron chi connectivity index (χ0n) is 12.4. The van der Waals surface area contributed by atoms with Crippen LogP contribution in [0.5, 0.6) is 0 Å². The molecule has 10 heteroatoms.